The van der Waals surface area contributed by atoms with Crippen LogP contribution in [0.25, 0.3) is 0 Å². The van der Waals surface area contributed by atoms with Crippen LogP contribution in [0, 0.1) is 5.41 Å². The molecule has 28 heavy (non-hydrogen) atoms. The molecule has 1 heterocycles. The molecule has 0 unspecified atom stereocenters. The number of amides is 1. The van der Waals surface area contributed by atoms with Crippen LogP contribution < -0.4 is 4.74 Å². The highest BCUT2D eigenvalue weighted by Crippen LogP contribution is 2.41. The van der Waals surface area contributed by atoms with Gasteiger partial charge in [-0.1, -0.05) is 63.2 Å². The monoisotopic (exact) mass is 379 g/mol. The number of benzene rings is 2. The molecule has 0 saturated heterocycles. The predicted octanol–water partition coefficient (Wildman–Crippen LogP) is 4.21. The molecule has 0 aliphatic carbocycles. The topological polar surface area (TPSA) is 66.8 Å². The van der Waals surface area contributed by atoms with Gasteiger partial charge in [-0.05, 0) is 23.3 Å². The number of nitrogens with zero attached hydrogens (tertiary/aromatic N) is 1. The zero-order valence-corrected chi connectivity index (χ0v) is 16.6. The van der Waals surface area contributed by atoms with Crippen molar-refractivity contribution in [3.8, 4) is 5.75 Å². The molecule has 2 aromatic carbocycles. The van der Waals surface area contributed by atoms with Crippen molar-refractivity contribution < 1.29 is 19.4 Å². The summed E-state index contributed by atoms with van der Waals surface area (Å²) in [5.74, 6) is -0.553. The molecule has 5 heteroatoms. The fourth-order valence-electron chi connectivity index (χ4n) is 3.37. The summed E-state index contributed by atoms with van der Waals surface area (Å²) >= 11 is 0. The smallest absolute Gasteiger partial charge is 0.290 e. The number of ketones is 1. The second-order valence-electron chi connectivity index (χ2n) is 7.94. The molecular formula is C23H25NO4. The standard InChI is InChI=1S/C23H25NO4/c1-23(2,3)21(26)18-19(16-10-12-17(28-4)13-11-16)24(22(27)20(18)25)14-15-8-6-5-7-9-15/h5-13,19,25H,14H2,1-4H3/t19-/m1/s1. The van der Waals surface area contributed by atoms with E-state index in [2.05, 4.69) is 0 Å². The van der Waals surface area contributed by atoms with E-state index in [4.69, 9.17) is 4.74 Å². The number of hydrogen-bond donors (Lipinski definition) is 1. The van der Waals surface area contributed by atoms with Crippen LogP contribution in [0.5, 0.6) is 5.75 Å². The number of Topliss-reactive ketones (excluding diaryl/α,β-unsaturated/α-hetero) is 1. The van der Waals surface area contributed by atoms with Gasteiger partial charge in [0.1, 0.15) is 5.75 Å². The summed E-state index contributed by atoms with van der Waals surface area (Å²) in [4.78, 5) is 27.6. The highest BCUT2D eigenvalue weighted by Gasteiger charge is 2.45. The van der Waals surface area contributed by atoms with Crippen molar-refractivity contribution in [1.29, 1.82) is 0 Å². The lowest BCUT2D eigenvalue weighted by Gasteiger charge is -2.29. The van der Waals surface area contributed by atoms with Crippen LogP contribution in [-0.2, 0) is 16.1 Å². The number of rotatable bonds is 5. The molecule has 0 aromatic heterocycles. The number of aliphatic hydroxyl groups is 1. The summed E-state index contributed by atoms with van der Waals surface area (Å²) in [5, 5.41) is 10.6. The van der Waals surface area contributed by atoms with E-state index >= 15 is 0 Å². The predicted molar refractivity (Wildman–Crippen MR) is 107 cm³/mol. The van der Waals surface area contributed by atoms with Gasteiger partial charge < -0.3 is 14.7 Å². The zero-order chi connectivity index (χ0) is 20.5. The van der Waals surface area contributed by atoms with Gasteiger partial charge in [0, 0.05) is 12.0 Å². The summed E-state index contributed by atoms with van der Waals surface area (Å²) in [6.07, 6.45) is 0. The van der Waals surface area contributed by atoms with Crippen LogP contribution in [0.4, 0.5) is 0 Å². The van der Waals surface area contributed by atoms with Crippen LogP contribution in [0.15, 0.2) is 65.9 Å². The molecule has 0 spiro atoms. The molecule has 146 valence electrons. The Morgan fingerprint density at radius 1 is 1.07 bits per heavy atom. The Balaban J connectivity index is 2.08. The second-order valence-corrected chi connectivity index (χ2v) is 7.94. The SMILES string of the molecule is COc1ccc([C@@H]2C(C(=O)C(C)(C)C)=C(O)C(=O)N2Cc2ccccc2)cc1. The minimum atomic E-state index is -0.725. The Hall–Kier alpha value is -3.08. The maximum atomic E-state index is 13.1. The normalized spacial score (nSPS) is 17.2. The van der Waals surface area contributed by atoms with Crippen molar-refractivity contribution in [3.63, 3.8) is 0 Å². The van der Waals surface area contributed by atoms with Crippen molar-refractivity contribution >= 4 is 11.7 Å². The van der Waals surface area contributed by atoms with Crippen LogP contribution in [-0.4, -0.2) is 28.8 Å². The van der Waals surface area contributed by atoms with E-state index < -0.39 is 23.1 Å². The Kier molecular flexibility index (Phi) is 5.27. The summed E-state index contributed by atoms with van der Waals surface area (Å²) in [6, 6.07) is 16.1. The van der Waals surface area contributed by atoms with Gasteiger partial charge in [0.25, 0.3) is 5.91 Å². The molecule has 3 rings (SSSR count). The molecule has 0 radical (unpaired) electrons. The third kappa shape index (κ3) is 3.65. The van der Waals surface area contributed by atoms with Gasteiger partial charge in [0.2, 0.25) is 0 Å². The van der Waals surface area contributed by atoms with Crippen molar-refractivity contribution in [2.24, 2.45) is 5.41 Å². The first-order valence-electron chi connectivity index (χ1n) is 9.21. The van der Waals surface area contributed by atoms with E-state index in [1.807, 2.05) is 42.5 Å². The molecule has 1 N–H and O–H groups in total. The number of methoxy groups -OCH3 is 1. The third-order valence-corrected chi connectivity index (χ3v) is 4.86. The number of carbonyl (C=O) groups is 2. The molecule has 0 bridgehead atoms. The van der Waals surface area contributed by atoms with Gasteiger partial charge >= 0.3 is 0 Å². The van der Waals surface area contributed by atoms with Gasteiger partial charge in [-0.3, -0.25) is 9.59 Å². The van der Waals surface area contributed by atoms with Gasteiger partial charge in [-0.2, -0.15) is 0 Å². The number of aliphatic hydroxyl groups excluding tert-OH is 1. The first-order valence-corrected chi connectivity index (χ1v) is 9.21. The first kappa shape index (κ1) is 19.7. The average molecular weight is 379 g/mol. The Bertz CT molecular complexity index is 908. The molecule has 5 nitrogen and oxygen atoms in total. The van der Waals surface area contributed by atoms with Crippen molar-refractivity contribution in [2.75, 3.05) is 7.11 Å². The highest BCUT2D eigenvalue weighted by atomic mass is 16.5. The molecule has 1 aliphatic rings. The van der Waals surface area contributed by atoms with Crippen LogP contribution in [0.2, 0.25) is 0 Å². The van der Waals surface area contributed by atoms with E-state index in [0.29, 0.717) is 12.3 Å². The minimum Gasteiger partial charge on any atom is -0.503 e. The maximum Gasteiger partial charge on any atom is 0.290 e. The third-order valence-electron chi connectivity index (χ3n) is 4.86. The molecule has 0 fully saturated rings. The van der Waals surface area contributed by atoms with Gasteiger partial charge in [0.15, 0.2) is 11.5 Å². The van der Waals surface area contributed by atoms with E-state index in [9.17, 15) is 14.7 Å². The lowest BCUT2D eigenvalue weighted by Crippen LogP contribution is -2.32. The largest absolute Gasteiger partial charge is 0.503 e. The van der Waals surface area contributed by atoms with Crippen LogP contribution >= 0.6 is 0 Å². The van der Waals surface area contributed by atoms with Crippen LogP contribution in [0.3, 0.4) is 0 Å². The lowest BCUT2D eigenvalue weighted by molar-refractivity contribution is -0.130. The van der Waals surface area contributed by atoms with Crippen molar-refractivity contribution in [3.05, 3.63) is 77.1 Å². The second kappa shape index (κ2) is 7.50. The molecular weight excluding hydrogens is 354 g/mol. The molecule has 1 atom stereocenters. The Morgan fingerprint density at radius 2 is 1.68 bits per heavy atom. The van der Waals surface area contributed by atoms with Crippen LogP contribution in [0.1, 0.15) is 37.9 Å². The molecule has 1 aliphatic heterocycles. The van der Waals surface area contributed by atoms with E-state index in [1.165, 1.54) is 0 Å². The van der Waals surface area contributed by atoms with Gasteiger partial charge in [0.05, 0.1) is 18.7 Å². The average Bonchev–Trinajstić information content (AvgIpc) is 2.92. The molecule has 0 saturated carbocycles. The quantitative estimate of drug-likeness (QED) is 0.845. The summed E-state index contributed by atoms with van der Waals surface area (Å²) < 4.78 is 5.22. The molecule has 2 aromatic rings. The fourth-order valence-corrected chi connectivity index (χ4v) is 3.37. The van der Waals surface area contributed by atoms with Crippen molar-refractivity contribution in [1.82, 2.24) is 4.90 Å². The van der Waals surface area contributed by atoms with Gasteiger partial charge in [-0.15, -0.1) is 0 Å². The van der Waals surface area contributed by atoms with E-state index in [1.54, 1.807) is 44.9 Å². The number of carbonyl (C=O) groups excluding carboxylic acids is 2. The zero-order valence-electron chi connectivity index (χ0n) is 16.6. The number of hydrogen-bond acceptors (Lipinski definition) is 4. The number of ether oxygens (including phenoxy) is 1. The van der Waals surface area contributed by atoms with E-state index in [-0.39, 0.29) is 11.4 Å². The summed E-state index contributed by atoms with van der Waals surface area (Å²) in [6.45, 7) is 5.64. The maximum absolute atomic E-state index is 13.1. The Labute approximate surface area is 165 Å². The highest BCUT2D eigenvalue weighted by molar-refractivity contribution is 6.10. The van der Waals surface area contributed by atoms with Gasteiger partial charge in [-0.25, -0.2) is 0 Å². The minimum absolute atomic E-state index is 0.151. The summed E-state index contributed by atoms with van der Waals surface area (Å²) in [7, 11) is 1.58. The summed E-state index contributed by atoms with van der Waals surface area (Å²) in [5.41, 5.74) is 1.10. The molecule has 1 amide bonds. The lowest BCUT2D eigenvalue weighted by atomic mass is 9.82. The Morgan fingerprint density at radius 3 is 2.21 bits per heavy atom. The van der Waals surface area contributed by atoms with E-state index in [0.717, 1.165) is 11.1 Å². The first-order chi connectivity index (χ1) is 13.2. The van der Waals surface area contributed by atoms with Crippen molar-refractivity contribution in [2.45, 2.75) is 33.4 Å². The fraction of sp³-hybridized carbons (Fsp3) is 0.304.